The van der Waals surface area contributed by atoms with Crippen LogP contribution in [0.25, 0.3) is 0 Å². The Labute approximate surface area is 126 Å². The fourth-order valence-electron chi connectivity index (χ4n) is 1.67. The van der Waals surface area contributed by atoms with Crippen LogP contribution in [0.15, 0.2) is 54.5 Å². The zero-order valence-electron chi connectivity index (χ0n) is 18.7. The molecule has 1 N–H and O–H groups in total. The summed E-state index contributed by atoms with van der Waals surface area (Å²) in [5.74, 6) is 0.464. The maximum atomic E-state index is 8.14. The Balaban J connectivity index is 2.41. The Hall–Kier alpha value is -1.80. The summed E-state index contributed by atoms with van der Waals surface area (Å²) in [7, 11) is 0. The van der Waals surface area contributed by atoms with E-state index >= 15 is 0 Å². The molecule has 0 saturated carbocycles. The van der Waals surface area contributed by atoms with Gasteiger partial charge < -0.3 is 10.1 Å². The quantitative estimate of drug-likeness (QED) is 0.857. The number of hydrogen-bond acceptors (Lipinski definition) is 2. The molecule has 2 aromatic rings. The van der Waals surface area contributed by atoms with Crippen LogP contribution in [-0.2, 0) is 0 Å². The summed E-state index contributed by atoms with van der Waals surface area (Å²) >= 11 is 0. The van der Waals surface area contributed by atoms with Crippen molar-refractivity contribution >= 4 is 0 Å². The third-order valence-corrected chi connectivity index (χ3v) is 2.67. The number of ether oxygens (including phenoxy) is 1. The van der Waals surface area contributed by atoms with Crippen LogP contribution in [0.2, 0.25) is 0 Å². The number of aryl methyl sites for hydroxylation is 1. The first-order valence-corrected chi connectivity index (χ1v) is 6.06. The molecule has 0 aromatic heterocycles. The van der Waals surface area contributed by atoms with Crippen LogP contribution in [0.3, 0.4) is 0 Å². The van der Waals surface area contributed by atoms with Gasteiger partial charge in [-0.3, -0.25) is 0 Å². The molecule has 0 heterocycles. The number of hydrogen-bond donors (Lipinski definition) is 1. The molecule has 0 spiro atoms. The van der Waals surface area contributed by atoms with Crippen LogP contribution in [-0.4, -0.2) is 13.5 Å². The van der Waals surface area contributed by atoms with E-state index in [-0.39, 0.29) is 30.6 Å². The molecule has 0 aliphatic carbocycles. The highest BCUT2D eigenvalue weighted by atomic mass is 16.5. The first kappa shape index (κ1) is 6.58. The van der Waals surface area contributed by atoms with E-state index in [1.165, 1.54) is 0 Å². The van der Waals surface area contributed by atoms with Crippen molar-refractivity contribution in [2.75, 3.05) is 13.5 Å². The second-order valence-electron chi connectivity index (χ2n) is 4.17. The molecule has 0 radical (unpaired) electrons. The molecule has 0 bridgehead atoms. The van der Waals surface area contributed by atoms with Gasteiger partial charge in [0.15, 0.2) is 0 Å². The first-order chi connectivity index (χ1) is 12.5. The van der Waals surface area contributed by atoms with E-state index in [4.69, 9.17) is 15.7 Å². The molecule has 100 valence electrons. The van der Waals surface area contributed by atoms with Gasteiger partial charge in [-0.2, -0.15) is 0 Å². The number of rotatable bonds is 6. The second kappa shape index (κ2) is 6.95. The zero-order chi connectivity index (χ0) is 20.4. The lowest BCUT2D eigenvalue weighted by molar-refractivity contribution is 0.195. The fraction of sp³-hybridized carbons (Fsp3) is 0.294. The molecule has 0 saturated heterocycles. The van der Waals surface area contributed by atoms with Gasteiger partial charge in [0.2, 0.25) is 0 Å². The van der Waals surface area contributed by atoms with Crippen LogP contribution in [0, 0.1) is 6.92 Å². The zero-order valence-corrected chi connectivity index (χ0v) is 10.7. The molecule has 2 heteroatoms. The van der Waals surface area contributed by atoms with Crippen LogP contribution < -0.4 is 10.1 Å². The van der Waals surface area contributed by atoms with Gasteiger partial charge in [-0.1, -0.05) is 47.9 Å². The van der Waals surface area contributed by atoms with Gasteiger partial charge in [-0.15, -0.1) is 0 Å². The van der Waals surface area contributed by atoms with E-state index in [9.17, 15) is 0 Å². The van der Waals surface area contributed by atoms with E-state index in [0.717, 1.165) is 5.56 Å². The lowest BCUT2D eigenvalue weighted by Gasteiger charge is -2.19. The Bertz CT molecular complexity index is 775. The van der Waals surface area contributed by atoms with Crippen LogP contribution in [0.4, 0.5) is 0 Å². The second-order valence-corrected chi connectivity index (χ2v) is 4.17. The molecule has 0 aliphatic heterocycles. The Morgan fingerprint density at radius 2 is 1.95 bits per heavy atom. The van der Waals surface area contributed by atoms with E-state index in [1.54, 1.807) is 12.1 Å². The summed E-state index contributed by atoms with van der Waals surface area (Å²) in [6.45, 7) is -0.402. The van der Waals surface area contributed by atoms with Gasteiger partial charge >= 0.3 is 0 Å². The fourth-order valence-corrected chi connectivity index (χ4v) is 1.67. The maximum Gasteiger partial charge on any atom is 0.125 e. The lowest BCUT2D eigenvalue weighted by Crippen LogP contribution is -2.16. The summed E-state index contributed by atoms with van der Waals surface area (Å²) in [6, 6.07) is 5.00. The Kier molecular flexibility index (Phi) is 2.41. The summed E-state index contributed by atoms with van der Waals surface area (Å²) in [5, 5.41) is 2.36. The lowest BCUT2D eigenvalue weighted by atomic mass is 10.1. The van der Waals surface area contributed by atoms with Crippen molar-refractivity contribution < 1.29 is 15.7 Å². The molecular weight excluding hydrogens is 234 g/mol. The largest absolute Gasteiger partial charge is 0.486 e. The molecule has 1 unspecified atom stereocenters. The SMILES string of the molecule is [2H]c1c([2H])c([2H])c(C(CCNC([2H])([2H])[2H])Oc2ccc(C)cc2)c([2H])c1[2H]. The highest BCUT2D eigenvalue weighted by molar-refractivity contribution is 5.28. The molecule has 1 atom stereocenters. The van der Waals surface area contributed by atoms with Gasteiger partial charge in [0, 0.05) is 10.5 Å². The monoisotopic (exact) mass is 263 g/mol. The van der Waals surface area contributed by atoms with E-state index in [2.05, 4.69) is 5.32 Å². The van der Waals surface area contributed by atoms with Crippen molar-refractivity contribution in [1.82, 2.24) is 5.32 Å². The molecule has 0 amide bonds. The van der Waals surface area contributed by atoms with E-state index < -0.39 is 31.2 Å². The van der Waals surface area contributed by atoms with Gasteiger partial charge in [-0.05, 0) is 38.1 Å². The number of nitrogens with one attached hydrogen (secondary N) is 1. The molecule has 2 aromatic carbocycles. The summed E-state index contributed by atoms with van der Waals surface area (Å²) < 4.78 is 67.3. The van der Waals surface area contributed by atoms with Gasteiger partial charge in [0.05, 0.1) is 6.85 Å². The average Bonchev–Trinajstić information content (AvgIpc) is 2.59. The normalized spacial score (nSPS) is 18.8. The topological polar surface area (TPSA) is 21.3 Å². The first-order valence-electron chi connectivity index (χ1n) is 10.1. The highest BCUT2D eigenvalue weighted by Crippen LogP contribution is 2.24. The predicted octanol–water partition coefficient (Wildman–Crippen LogP) is 3.72. The number of benzene rings is 2. The average molecular weight is 263 g/mol. The van der Waals surface area contributed by atoms with Crippen molar-refractivity contribution in [1.29, 1.82) is 0 Å². The predicted molar refractivity (Wildman–Crippen MR) is 79.5 cm³/mol. The Morgan fingerprint density at radius 3 is 2.63 bits per heavy atom. The van der Waals surface area contributed by atoms with Gasteiger partial charge in [-0.25, -0.2) is 0 Å². The van der Waals surface area contributed by atoms with Crippen LogP contribution >= 0.6 is 0 Å². The minimum Gasteiger partial charge on any atom is -0.486 e. The van der Waals surface area contributed by atoms with Crippen molar-refractivity contribution in [2.45, 2.75) is 19.4 Å². The van der Waals surface area contributed by atoms with Crippen molar-refractivity contribution in [2.24, 2.45) is 0 Å². The molecule has 2 nitrogen and oxygen atoms in total. The van der Waals surface area contributed by atoms with Crippen LogP contribution in [0.5, 0.6) is 5.75 Å². The van der Waals surface area contributed by atoms with Crippen molar-refractivity contribution in [3.8, 4) is 5.75 Å². The molecule has 2 rings (SSSR count). The summed E-state index contributed by atoms with van der Waals surface area (Å²) in [6.07, 6.45) is -0.795. The van der Waals surface area contributed by atoms with Crippen LogP contribution in [0.1, 0.15) is 34.6 Å². The molecule has 0 aliphatic rings. The summed E-state index contributed by atoms with van der Waals surface area (Å²) in [4.78, 5) is 0. The molecule has 0 fully saturated rings. The molecule has 19 heavy (non-hydrogen) atoms. The maximum absolute atomic E-state index is 8.14. The standard InChI is InChI=1S/C17H21NO/c1-14-8-10-16(11-9-14)19-17(12-13-18-2)15-6-4-3-5-7-15/h3-11,17-18H,12-13H2,1-2H3/i2D3,3D,4D,5D,6D,7D. The Morgan fingerprint density at radius 1 is 1.21 bits per heavy atom. The van der Waals surface area contributed by atoms with Crippen molar-refractivity contribution in [3.63, 3.8) is 0 Å². The third-order valence-electron chi connectivity index (χ3n) is 2.67. The summed E-state index contributed by atoms with van der Waals surface area (Å²) in [5.41, 5.74) is 1.03. The minimum absolute atomic E-state index is 0.00826. The highest BCUT2D eigenvalue weighted by Gasteiger charge is 2.12. The van der Waals surface area contributed by atoms with E-state index in [0.29, 0.717) is 5.75 Å². The smallest absolute Gasteiger partial charge is 0.125 e. The van der Waals surface area contributed by atoms with Gasteiger partial charge in [0.25, 0.3) is 0 Å². The third kappa shape index (κ3) is 4.11. The van der Waals surface area contributed by atoms with Gasteiger partial charge in [0.1, 0.15) is 11.9 Å². The van der Waals surface area contributed by atoms with E-state index in [1.807, 2.05) is 19.1 Å². The minimum atomic E-state index is -2.34. The van der Waals surface area contributed by atoms with Crippen molar-refractivity contribution in [3.05, 3.63) is 65.6 Å². The molecular formula is C17H21NO.